The van der Waals surface area contributed by atoms with Gasteiger partial charge in [0.15, 0.2) is 6.33 Å². The van der Waals surface area contributed by atoms with Gasteiger partial charge in [-0.05, 0) is 37.1 Å². The number of hydrogen-bond acceptors (Lipinski definition) is 2. The zero-order valence-electron chi connectivity index (χ0n) is 11.9. The van der Waals surface area contributed by atoms with Gasteiger partial charge >= 0.3 is 0 Å². The molecule has 21 heavy (non-hydrogen) atoms. The maximum atomic E-state index is 5.96. The summed E-state index contributed by atoms with van der Waals surface area (Å²) in [6.45, 7) is 4.18. The molecule has 0 amide bonds. The Morgan fingerprint density at radius 3 is 2.43 bits per heavy atom. The zero-order chi connectivity index (χ0) is 14.8. The molecule has 0 aliphatic heterocycles. The van der Waals surface area contributed by atoms with Crippen LogP contribution in [0, 0.1) is 20.2 Å². The Bertz CT molecular complexity index is 779. The van der Waals surface area contributed by atoms with Crippen molar-refractivity contribution < 1.29 is 0 Å². The van der Waals surface area contributed by atoms with E-state index in [4.69, 9.17) is 11.6 Å². The summed E-state index contributed by atoms with van der Waals surface area (Å²) in [6.07, 6.45) is 4.49. The van der Waals surface area contributed by atoms with Crippen LogP contribution < -0.4 is 0 Å². The zero-order valence-corrected chi connectivity index (χ0v) is 12.6. The number of aromatic nitrogens is 2. The molecule has 3 aromatic rings. The lowest BCUT2D eigenvalue weighted by molar-refractivity contribution is 1.15. The predicted octanol–water partition coefficient (Wildman–Crippen LogP) is 4.88. The maximum absolute atomic E-state index is 5.96. The molecular formula is C18H14ClN2. The molecule has 1 radical (unpaired) electrons. The van der Waals surface area contributed by atoms with E-state index in [0.29, 0.717) is 0 Å². The first-order valence-electron chi connectivity index (χ1n) is 6.72. The highest BCUT2D eigenvalue weighted by Gasteiger charge is 2.11. The number of aryl methyl sites for hydroxylation is 2. The number of nitrogens with zero attached hydrogens (tertiary/aromatic N) is 2. The smallest absolute Gasteiger partial charge is 0.198 e. The van der Waals surface area contributed by atoms with E-state index < -0.39 is 0 Å². The molecule has 1 heterocycles. The number of halogens is 1. The Balaban J connectivity index is 2.18. The Kier molecular flexibility index (Phi) is 3.72. The lowest BCUT2D eigenvalue weighted by atomic mass is 9.97. The van der Waals surface area contributed by atoms with Crippen LogP contribution in [-0.4, -0.2) is 9.97 Å². The molecule has 0 N–H and O–H groups in total. The third kappa shape index (κ3) is 2.81. The average Bonchev–Trinajstić information content (AvgIpc) is 2.48. The fourth-order valence-corrected chi connectivity index (χ4v) is 2.54. The van der Waals surface area contributed by atoms with Crippen LogP contribution in [0.5, 0.6) is 0 Å². The van der Waals surface area contributed by atoms with Crippen molar-refractivity contribution in [1.29, 1.82) is 0 Å². The summed E-state index contributed by atoms with van der Waals surface area (Å²) >= 11 is 5.96. The lowest BCUT2D eigenvalue weighted by Gasteiger charge is -2.11. The quantitative estimate of drug-likeness (QED) is 0.673. The van der Waals surface area contributed by atoms with E-state index in [-0.39, 0.29) is 0 Å². The van der Waals surface area contributed by atoms with Gasteiger partial charge in [-0.1, -0.05) is 47.5 Å². The summed E-state index contributed by atoms with van der Waals surface area (Å²) in [5, 5.41) is 0.718. The van der Waals surface area contributed by atoms with Crippen LogP contribution in [0.2, 0.25) is 5.02 Å². The van der Waals surface area contributed by atoms with Crippen molar-refractivity contribution in [3.8, 4) is 22.4 Å². The Morgan fingerprint density at radius 2 is 1.71 bits per heavy atom. The molecule has 0 bridgehead atoms. The monoisotopic (exact) mass is 293 g/mol. The van der Waals surface area contributed by atoms with Crippen LogP contribution in [0.3, 0.4) is 0 Å². The van der Waals surface area contributed by atoms with Crippen molar-refractivity contribution in [2.75, 3.05) is 0 Å². The summed E-state index contributed by atoms with van der Waals surface area (Å²) < 4.78 is 0. The molecular weight excluding hydrogens is 280 g/mol. The molecule has 0 aliphatic carbocycles. The minimum Gasteiger partial charge on any atom is -0.233 e. The van der Waals surface area contributed by atoms with E-state index in [2.05, 4.69) is 48.3 Å². The largest absolute Gasteiger partial charge is 0.233 e. The van der Waals surface area contributed by atoms with Gasteiger partial charge in [0.25, 0.3) is 0 Å². The molecule has 3 heteroatoms. The molecule has 2 aromatic carbocycles. The Labute approximate surface area is 129 Å². The van der Waals surface area contributed by atoms with E-state index >= 15 is 0 Å². The van der Waals surface area contributed by atoms with Crippen molar-refractivity contribution in [2.45, 2.75) is 13.8 Å². The van der Waals surface area contributed by atoms with Crippen molar-refractivity contribution in [3.63, 3.8) is 0 Å². The summed E-state index contributed by atoms with van der Waals surface area (Å²) in [5.74, 6) is 0. The van der Waals surface area contributed by atoms with Crippen molar-refractivity contribution in [3.05, 3.63) is 71.1 Å². The first-order valence-corrected chi connectivity index (χ1v) is 7.09. The minimum atomic E-state index is 0.718. The third-order valence-electron chi connectivity index (χ3n) is 3.46. The van der Waals surface area contributed by atoms with Crippen molar-refractivity contribution in [2.24, 2.45) is 0 Å². The molecule has 0 aliphatic rings. The van der Waals surface area contributed by atoms with E-state index in [1.165, 1.54) is 11.1 Å². The van der Waals surface area contributed by atoms with Gasteiger partial charge in [0.1, 0.15) is 0 Å². The summed E-state index contributed by atoms with van der Waals surface area (Å²) in [7, 11) is 0. The molecule has 0 saturated carbocycles. The van der Waals surface area contributed by atoms with Gasteiger partial charge in [-0.15, -0.1) is 0 Å². The van der Waals surface area contributed by atoms with Gasteiger partial charge in [-0.25, -0.2) is 9.97 Å². The van der Waals surface area contributed by atoms with E-state index in [0.717, 1.165) is 27.4 Å². The van der Waals surface area contributed by atoms with Gasteiger partial charge in [0.2, 0.25) is 0 Å². The Morgan fingerprint density at radius 1 is 0.952 bits per heavy atom. The molecule has 1 aromatic heterocycles. The SMILES string of the molecule is Cc1ccc(-c2n[c]ncc2-c2ccc(Cl)cc2)c(C)c1. The fraction of sp³-hybridized carbons (Fsp3) is 0.111. The maximum Gasteiger partial charge on any atom is 0.198 e. The summed E-state index contributed by atoms with van der Waals surface area (Å²) in [6, 6.07) is 14.1. The van der Waals surface area contributed by atoms with E-state index in [1.807, 2.05) is 24.3 Å². The van der Waals surface area contributed by atoms with E-state index in [1.54, 1.807) is 6.20 Å². The van der Waals surface area contributed by atoms with Crippen LogP contribution in [0.25, 0.3) is 22.4 Å². The van der Waals surface area contributed by atoms with Gasteiger partial charge in [0.05, 0.1) is 5.69 Å². The molecule has 0 unspecified atom stereocenters. The molecule has 0 fully saturated rings. The van der Waals surface area contributed by atoms with Crippen molar-refractivity contribution >= 4 is 11.6 Å². The highest BCUT2D eigenvalue weighted by molar-refractivity contribution is 6.30. The summed E-state index contributed by atoms with van der Waals surface area (Å²) in [5.41, 5.74) is 6.45. The van der Waals surface area contributed by atoms with Crippen LogP contribution in [0.4, 0.5) is 0 Å². The summed E-state index contributed by atoms with van der Waals surface area (Å²) in [4.78, 5) is 8.42. The second kappa shape index (κ2) is 5.66. The number of rotatable bonds is 2. The second-order valence-electron chi connectivity index (χ2n) is 5.06. The second-order valence-corrected chi connectivity index (χ2v) is 5.49. The topological polar surface area (TPSA) is 25.8 Å². The van der Waals surface area contributed by atoms with Crippen LogP contribution in [0.1, 0.15) is 11.1 Å². The van der Waals surface area contributed by atoms with Gasteiger partial charge in [0, 0.05) is 22.3 Å². The Hall–Kier alpha value is -2.19. The van der Waals surface area contributed by atoms with Crippen LogP contribution >= 0.6 is 11.6 Å². The van der Waals surface area contributed by atoms with Crippen LogP contribution in [-0.2, 0) is 0 Å². The molecule has 103 valence electrons. The molecule has 3 rings (SSSR count). The van der Waals surface area contributed by atoms with Gasteiger partial charge in [-0.2, -0.15) is 0 Å². The molecule has 0 saturated heterocycles. The van der Waals surface area contributed by atoms with Gasteiger partial charge in [-0.3, -0.25) is 0 Å². The first-order chi connectivity index (χ1) is 10.1. The number of benzene rings is 2. The lowest BCUT2D eigenvalue weighted by Crippen LogP contribution is -1.93. The standard InChI is InChI=1S/C18H14ClN2/c1-12-3-8-16(13(2)9-12)18-17(10-20-11-21-18)14-4-6-15(19)7-5-14/h3-10H,1-2H3. The van der Waals surface area contributed by atoms with E-state index in [9.17, 15) is 0 Å². The average molecular weight is 294 g/mol. The molecule has 0 atom stereocenters. The highest BCUT2D eigenvalue weighted by Crippen LogP contribution is 2.32. The van der Waals surface area contributed by atoms with Gasteiger partial charge < -0.3 is 0 Å². The highest BCUT2D eigenvalue weighted by atomic mass is 35.5. The minimum absolute atomic E-state index is 0.718. The third-order valence-corrected chi connectivity index (χ3v) is 3.71. The number of hydrogen-bond donors (Lipinski definition) is 0. The predicted molar refractivity (Wildman–Crippen MR) is 86.2 cm³/mol. The molecule has 2 nitrogen and oxygen atoms in total. The fourth-order valence-electron chi connectivity index (χ4n) is 2.42. The van der Waals surface area contributed by atoms with Crippen LogP contribution in [0.15, 0.2) is 48.7 Å². The first kappa shape index (κ1) is 13.8. The van der Waals surface area contributed by atoms with Crippen molar-refractivity contribution in [1.82, 2.24) is 9.97 Å². The normalized spacial score (nSPS) is 10.6. The molecule has 0 spiro atoms.